The molecule has 0 fully saturated rings. The number of halogens is 1. The second-order valence-corrected chi connectivity index (χ2v) is 7.18. The molecule has 3 N–H and O–H groups in total. The molecule has 1 heterocycles. The standard InChI is InChI=1S/C24H24FN3O4/c1-3-20(28-24(31)32-15(2)18-12-19(25)14-26-13-18)16-8-10-17(11-9-16)23(30)27-21-6-4-5-7-22(21)29/h4-15,20,29H,3H2,1-2H3,(H,27,30)(H,28,31)/t15-,20-/m0/s1. The van der Waals surface area contributed by atoms with E-state index in [1.54, 1.807) is 49.4 Å². The molecule has 166 valence electrons. The van der Waals surface area contributed by atoms with Gasteiger partial charge in [-0.2, -0.15) is 0 Å². The Morgan fingerprint density at radius 3 is 2.47 bits per heavy atom. The van der Waals surface area contributed by atoms with E-state index in [0.717, 1.165) is 11.8 Å². The van der Waals surface area contributed by atoms with Gasteiger partial charge >= 0.3 is 6.09 Å². The minimum atomic E-state index is -0.670. The summed E-state index contributed by atoms with van der Waals surface area (Å²) < 4.78 is 18.7. The average molecular weight is 437 g/mol. The minimum Gasteiger partial charge on any atom is -0.506 e. The van der Waals surface area contributed by atoms with Crippen LogP contribution in [-0.2, 0) is 4.74 Å². The predicted molar refractivity (Wildman–Crippen MR) is 118 cm³/mol. The van der Waals surface area contributed by atoms with Crippen molar-refractivity contribution in [3.8, 4) is 5.75 Å². The summed E-state index contributed by atoms with van der Waals surface area (Å²) in [5.74, 6) is -0.887. The topological polar surface area (TPSA) is 101 Å². The molecule has 2 amide bonds. The summed E-state index contributed by atoms with van der Waals surface area (Å²) in [6.45, 7) is 3.54. The van der Waals surface area contributed by atoms with Crippen molar-refractivity contribution in [1.29, 1.82) is 0 Å². The number of hydrogen-bond acceptors (Lipinski definition) is 5. The number of nitrogens with zero attached hydrogens (tertiary/aromatic N) is 1. The molecule has 0 unspecified atom stereocenters. The number of anilines is 1. The molecule has 7 nitrogen and oxygen atoms in total. The van der Waals surface area contributed by atoms with Gasteiger partial charge in [-0.05, 0) is 49.2 Å². The van der Waals surface area contributed by atoms with Crippen LogP contribution in [-0.4, -0.2) is 22.1 Å². The lowest BCUT2D eigenvalue weighted by Gasteiger charge is -2.20. The highest BCUT2D eigenvalue weighted by Crippen LogP contribution is 2.23. The SMILES string of the molecule is CC[C@H](NC(=O)O[C@@H](C)c1cncc(F)c1)c1ccc(C(=O)Nc2ccccc2O)cc1. The molecular weight excluding hydrogens is 413 g/mol. The van der Waals surface area contributed by atoms with Crippen LogP contribution >= 0.6 is 0 Å². The first-order valence-electron chi connectivity index (χ1n) is 10.1. The van der Waals surface area contributed by atoms with Crippen LogP contribution < -0.4 is 10.6 Å². The molecular formula is C24H24FN3O4. The Morgan fingerprint density at radius 2 is 1.81 bits per heavy atom. The van der Waals surface area contributed by atoms with Crippen molar-refractivity contribution in [3.05, 3.63) is 89.5 Å². The van der Waals surface area contributed by atoms with Gasteiger partial charge in [0.25, 0.3) is 5.91 Å². The highest BCUT2D eigenvalue weighted by Gasteiger charge is 2.18. The zero-order valence-electron chi connectivity index (χ0n) is 17.7. The molecule has 0 saturated carbocycles. The molecule has 0 aliphatic rings. The molecule has 0 radical (unpaired) electrons. The number of alkyl carbamates (subject to hydrolysis) is 1. The van der Waals surface area contributed by atoms with Crippen LogP contribution in [0.3, 0.4) is 0 Å². The molecule has 2 atom stereocenters. The maximum absolute atomic E-state index is 13.3. The molecule has 3 aromatic rings. The minimum absolute atomic E-state index is 0.0190. The lowest BCUT2D eigenvalue weighted by molar-refractivity contribution is 0.101. The molecule has 8 heteroatoms. The van der Waals surface area contributed by atoms with Crippen LogP contribution in [0.5, 0.6) is 5.75 Å². The number of aromatic nitrogens is 1. The number of rotatable bonds is 7. The molecule has 0 saturated heterocycles. The molecule has 3 rings (SSSR count). The van der Waals surface area contributed by atoms with E-state index in [9.17, 15) is 19.1 Å². The van der Waals surface area contributed by atoms with E-state index in [2.05, 4.69) is 15.6 Å². The highest BCUT2D eigenvalue weighted by molar-refractivity contribution is 6.05. The summed E-state index contributed by atoms with van der Waals surface area (Å²) in [5.41, 5.74) is 1.97. The molecule has 1 aromatic heterocycles. The van der Waals surface area contributed by atoms with E-state index in [0.29, 0.717) is 23.2 Å². The first kappa shape index (κ1) is 22.7. The third-order valence-corrected chi connectivity index (χ3v) is 4.91. The zero-order valence-corrected chi connectivity index (χ0v) is 17.7. The van der Waals surface area contributed by atoms with Gasteiger partial charge < -0.3 is 20.5 Å². The van der Waals surface area contributed by atoms with Gasteiger partial charge in [-0.1, -0.05) is 31.2 Å². The van der Waals surface area contributed by atoms with E-state index < -0.39 is 18.0 Å². The third kappa shape index (κ3) is 5.81. The van der Waals surface area contributed by atoms with E-state index >= 15 is 0 Å². The quantitative estimate of drug-likeness (QED) is 0.446. The number of amides is 2. The van der Waals surface area contributed by atoms with Gasteiger partial charge in [-0.15, -0.1) is 0 Å². The summed E-state index contributed by atoms with van der Waals surface area (Å²) in [6, 6.07) is 14.2. The highest BCUT2D eigenvalue weighted by atomic mass is 19.1. The van der Waals surface area contributed by atoms with Gasteiger partial charge in [0.15, 0.2) is 0 Å². The van der Waals surface area contributed by atoms with Crippen LogP contribution in [0.25, 0.3) is 0 Å². The number of ether oxygens (including phenoxy) is 1. The largest absolute Gasteiger partial charge is 0.506 e. The number of phenolic OH excluding ortho intramolecular Hbond substituents is 1. The Balaban J connectivity index is 1.61. The van der Waals surface area contributed by atoms with Crippen LogP contribution in [0.4, 0.5) is 14.9 Å². The Kier molecular flexibility index (Phi) is 7.38. The van der Waals surface area contributed by atoms with E-state index in [4.69, 9.17) is 4.74 Å². The first-order chi connectivity index (χ1) is 15.4. The number of benzene rings is 2. The van der Waals surface area contributed by atoms with Crippen molar-refractivity contribution in [2.24, 2.45) is 0 Å². The number of carbonyl (C=O) groups is 2. The van der Waals surface area contributed by atoms with Crippen LogP contribution in [0, 0.1) is 5.82 Å². The molecule has 0 aliphatic heterocycles. The normalized spacial score (nSPS) is 12.5. The summed E-state index contributed by atoms with van der Waals surface area (Å²) in [6.07, 6.45) is 1.80. The van der Waals surface area contributed by atoms with Gasteiger partial charge in [-0.3, -0.25) is 9.78 Å². The molecule has 0 aliphatic carbocycles. The average Bonchev–Trinajstić information content (AvgIpc) is 2.79. The Hall–Kier alpha value is -3.94. The first-order valence-corrected chi connectivity index (χ1v) is 10.1. The number of aromatic hydroxyl groups is 1. The fourth-order valence-electron chi connectivity index (χ4n) is 3.12. The lowest BCUT2D eigenvalue weighted by atomic mass is 10.0. The van der Waals surface area contributed by atoms with Crippen molar-refractivity contribution >= 4 is 17.7 Å². The molecule has 2 aromatic carbocycles. The second kappa shape index (κ2) is 10.4. The monoisotopic (exact) mass is 437 g/mol. The van der Waals surface area contributed by atoms with E-state index in [1.807, 2.05) is 6.92 Å². The zero-order chi connectivity index (χ0) is 23.1. The summed E-state index contributed by atoms with van der Waals surface area (Å²) in [4.78, 5) is 28.5. The third-order valence-electron chi connectivity index (χ3n) is 4.91. The van der Waals surface area contributed by atoms with Crippen molar-refractivity contribution in [2.75, 3.05) is 5.32 Å². The van der Waals surface area contributed by atoms with E-state index in [1.165, 1.54) is 18.3 Å². The van der Waals surface area contributed by atoms with Gasteiger partial charge in [0.05, 0.1) is 17.9 Å². The van der Waals surface area contributed by atoms with Gasteiger partial charge in [0.1, 0.15) is 17.7 Å². The van der Waals surface area contributed by atoms with Gasteiger partial charge in [0, 0.05) is 17.3 Å². The predicted octanol–water partition coefficient (Wildman–Crippen LogP) is 5.12. The molecule has 0 spiro atoms. The van der Waals surface area contributed by atoms with Crippen molar-refractivity contribution in [1.82, 2.24) is 10.3 Å². The maximum Gasteiger partial charge on any atom is 0.408 e. The smallest absolute Gasteiger partial charge is 0.408 e. The summed E-state index contributed by atoms with van der Waals surface area (Å²) in [5, 5.41) is 15.2. The Labute approximate surface area is 185 Å². The number of phenols is 1. The van der Waals surface area contributed by atoms with Gasteiger partial charge in [0.2, 0.25) is 0 Å². The van der Waals surface area contributed by atoms with Gasteiger partial charge in [-0.25, -0.2) is 9.18 Å². The summed E-state index contributed by atoms with van der Waals surface area (Å²) in [7, 11) is 0. The Morgan fingerprint density at radius 1 is 1.09 bits per heavy atom. The van der Waals surface area contributed by atoms with Crippen molar-refractivity contribution in [2.45, 2.75) is 32.4 Å². The van der Waals surface area contributed by atoms with Crippen LogP contribution in [0.2, 0.25) is 0 Å². The molecule has 32 heavy (non-hydrogen) atoms. The number of pyridine rings is 1. The van der Waals surface area contributed by atoms with Crippen molar-refractivity contribution in [3.63, 3.8) is 0 Å². The number of hydrogen-bond donors (Lipinski definition) is 3. The maximum atomic E-state index is 13.3. The van der Waals surface area contributed by atoms with E-state index in [-0.39, 0.29) is 17.7 Å². The fraction of sp³-hybridized carbons (Fsp3) is 0.208. The van der Waals surface area contributed by atoms with Crippen LogP contribution in [0.15, 0.2) is 67.0 Å². The fourth-order valence-corrected chi connectivity index (χ4v) is 3.12. The Bertz CT molecular complexity index is 1090. The number of nitrogens with one attached hydrogen (secondary N) is 2. The summed E-state index contributed by atoms with van der Waals surface area (Å²) >= 11 is 0. The lowest BCUT2D eigenvalue weighted by Crippen LogP contribution is -2.29. The molecule has 0 bridgehead atoms. The van der Waals surface area contributed by atoms with Crippen molar-refractivity contribution < 1.29 is 23.8 Å². The number of carbonyl (C=O) groups excluding carboxylic acids is 2. The van der Waals surface area contributed by atoms with Crippen LogP contribution in [0.1, 0.15) is 53.9 Å². The number of para-hydroxylation sites is 2. The second-order valence-electron chi connectivity index (χ2n) is 7.18.